The summed E-state index contributed by atoms with van der Waals surface area (Å²) in [5, 5.41) is 11.5. The Morgan fingerprint density at radius 3 is 2.38 bits per heavy atom. The van der Waals surface area contributed by atoms with Gasteiger partial charge in [-0.3, -0.25) is 14.5 Å². The van der Waals surface area contributed by atoms with Gasteiger partial charge < -0.3 is 15.2 Å². The van der Waals surface area contributed by atoms with Gasteiger partial charge in [0.15, 0.2) is 0 Å². The van der Waals surface area contributed by atoms with E-state index in [0.717, 1.165) is 5.56 Å². The van der Waals surface area contributed by atoms with Crippen LogP contribution in [0.1, 0.15) is 45.6 Å². The lowest BCUT2D eigenvalue weighted by Gasteiger charge is -2.28. The normalized spacial score (nSPS) is 21.2. The Morgan fingerprint density at radius 1 is 1.23 bits per heavy atom. The molecule has 1 heterocycles. The Hall–Kier alpha value is -2.57. The van der Waals surface area contributed by atoms with E-state index in [0.29, 0.717) is 13.0 Å². The quantitative estimate of drug-likeness (QED) is 0.857. The van der Waals surface area contributed by atoms with E-state index in [1.54, 1.807) is 20.8 Å². The van der Waals surface area contributed by atoms with Crippen LogP contribution < -0.4 is 5.32 Å². The smallest absolute Gasteiger partial charge is 0.410 e. The number of likely N-dealkylation sites (tertiary alicyclic amines) is 1. The van der Waals surface area contributed by atoms with Gasteiger partial charge in [0.2, 0.25) is 5.91 Å². The van der Waals surface area contributed by atoms with Crippen LogP contribution in [0.25, 0.3) is 0 Å². The topological polar surface area (TPSA) is 95.9 Å². The van der Waals surface area contributed by atoms with E-state index in [4.69, 9.17) is 9.84 Å². The molecule has 2 amide bonds. The van der Waals surface area contributed by atoms with Gasteiger partial charge in [-0.1, -0.05) is 30.3 Å². The lowest BCUT2D eigenvalue weighted by Crippen LogP contribution is -2.50. The Labute approximate surface area is 153 Å². The van der Waals surface area contributed by atoms with Crippen molar-refractivity contribution in [2.75, 3.05) is 6.54 Å². The highest BCUT2D eigenvalue weighted by atomic mass is 16.6. The summed E-state index contributed by atoms with van der Waals surface area (Å²) >= 11 is 0. The Balaban J connectivity index is 2.21. The average molecular weight is 362 g/mol. The molecule has 0 saturated carbocycles. The van der Waals surface area contributed by atoms with Crippen LogP contribution in [-0.2, 0) is 14.3 Å². The molecule has 1 fully saturated rings. The maximum Gasteiger partial charge on any atom is 0.410 e. The van der Waals surface area contributed by atoms with Gasteiger partial charge in [-0.05, 0) is 39.7 Å². The molecule has 2 N–H and O–H groups in total. The monoisotopic (exact) mass is 362 g/mol. The maximum absolute atomic E-state index is 12.6. The minimum Gasteiger partial charge on any atom is -0.480 e. The first kappa shape index (κ1) is 19.8. The molecule has 2 rings (SSSR count). The molecule has 1 aliphatic rings. The number of carbonyl (C=O) groups excluding carboxylic acids is 2. The molecule has 0 unspecified atom stereocenters. The van der Waals surface area contributed by atoms with Gasteiger partial charge in [-0.25, -0.2) is 4.79 Å². The van der Waals surface area contributed by atoms with Gasteiger partial charge >= 0.3 is 12.1 Å². The van der Waals surface area contributed by atoms with Crippen LogP contribution in [0.15, 0.2) is 30.3 Å². The Bertz CT molecular complexity index is 668. The highest BCUT2D eigenvalue weighted by Crippen LogP contribution is 2.33. The summed E-state index contributed by atoms with van der Waals surface area (Å²) in [4.78, 5) is 37.6. The van der Waals surface area contributed by atoms with Crippen LogP contribution >= 0.6 is 0 Å². The fourth-order valence-electron chi connectivity index (χ4n) is 2.94. The van der Waals surface area contributed by atoms with E-state index < -0.39 is 35.7 Å². The lowest BCUT2D eigenvalue weighted by atomic mass is 9.96. The summed E-state index contributed by atoms with van der Waals surface area (Å²) in [6.45, 7) is 7.02. The Kier molecular flexibility index (Phi) is 5.90. The van der Waals surface area contributed by atoms with E-state index in [1.165, 1.54) is 11.8 Å². The second-order valence-corrected chi connectivity index (χ2v) is 7.56. The summed E-state index contributed by atoms with van der Waals surface area (Å²) in [6.07, 6.45) is -0.152. The number of carboxylic acids is 1. The van der Waals surface area contributed by atoms with Crippen LogP contribution in [0, 0.1) is 0 Å². The van der Waals surface area contributed by atoms with Crippen molar-refractivity contribution >= 4 is 18.0 Å². The third-order valence-electron chi connectivity index (χ3n) is 4.23. The van der Waals surface area contributed by atoms with Crippen molar-refractivity contribution in [1.29, 1.82) is 0 Å². The van der Waals surface area contributed by atoms with E-state index in [2.05, 4.69) is 5.32 Å². The summed E-state index contributed by atoms with van der Waals surface area (Å²) in [6, 6.07) is 7.84. The zero-order valence-corrected chi connectivity index (χ0v) is 15.6. The lowest BCUT2D eigenvalue weighted by molar-refractivity contribution is -0.141. The molecule has 0 radical (unpaired) electrons. The molecule has 1 aromatic carbocycles. The van der Waals surface area contributed by atoms with Gasteiger partial charge in [-0.2, -0.15) is 0 Å². The minimum atomic E-state index is -1.13. The first-order valence-electron chi connectivity index (χ1n) is 8.66. The number of nitrogens with one attached hydrogen (secondary N) is 1. The van der Waals surface area contributed by atoms with Gasteiger partial charge in [0.25, 0.3) is 0 Å². The molecule has 0 bridgehead atoms. The molecule has 1 aromatic rings. The van der Waals surface area contributed by atoms with Gasteiger partial charge in [0.1, 0.15) is 17.7 Å². The van der Waals surface area contributed by atoms with E-state index in [9.17, 15) is 14.4 Å². The molecule has 1 aliphatic heterocycles. The fourth-order valence-corrected chi connectivity index (χ4v) is 2.94. The molecule has 26 heavy (non-hydrogen) atoms. The van der Waals surface area contributed by atoms with E-state index in [-0.39, 0.29) is 5.92 Å². The third-order valence-corrected chi connectivity index (χ3v) is 4.23. The Morgan fingerprint density at radius 2 is 1.85 bits per heavy atom. The first-order valence-corrected chi connectivity index (χ1v) is 8.66. The largest absolute Gasteiger partial charge is 0.480 e. The number of nitrogens with zero attached hydrogens (tertiary/aromatic N) is 1. The number of hydrogen-bond donors (Lipinski definition) is 2. The molecular weight excluding hydrogens is 336 g/mol. The van der Waals surface area contributed by atoms with Crippen LogP contribution in [-0.4, -0.2) is 52.2 Å². The number of carbonyl (C=O) groups is 3. The molecule has 0 spiro atoms. The highest BCUT2D eigenvalue weighted by Gasteiger charge is 2.42. The molecule has 1 saturated heterocycles. The average Bonchev–Trinajstić information content (AvgIpc) is 2.99. The predicted molar refractivity (Wildman–Crippen MR) is 95.8 cm³/mol. The SMILES string of the molecule is C[C@H](NC(=O)[C@@H]1C[C@@H](c2ccccc2)CN1C(=O)OC(C)(C)C)C(=O)O. The zero-order chi connectivity index (χ0) is 19.5. The molecule has 3 atom stereocenters. The van der Waals surface area contributed by atoms with Crippen molar-refractivity contribution in [1.82, 2.24) is 10.2 Å². The summed E-state index contributed by atoms with van der Waals surface area (Å²) < 4.78 is 5.43. The second kappa shape index (κ2) is 7.76. The summed E-state index contributed by atoms with van der Waals surface area (Å²) in [7, 11) is 0. The molecule has 0 aromatic heterocycles. The minimum absolute atomic E-state index is 0.0143. The van der Waals surface area contributed by atoms with Gasteiger partial charge in [0.05, 0.1) is 0 Å². The van der Waals surface area contributed by atoms with E-state index >= 15 is 0 Å². The number of hydrogen-bond acceptors (Lipinski definition) is 4. The molecule has 142 valence electrons. The maximum atomic E-state index is 12.6. The van der Waals surface area contributed by atoms with Crippen molar-refractivity contribution in [3.05, 3.63) is 35.9 Å². The second-order valence-electron chi connectivity index (χ2n) is 7.56. The van der Waals surface area contributed by atoms with Crippen LogP contribution in [0.2, 0.25) is 0 Å². The first-order chi connectivity index (χ1) is 12.1. The summed E-state index contributed by atoms with van der Waals surface area (Å²) in [5.74, 6) is -1.62. The molecule has 0 aliphatic carbocycles. The van der Waals surface area contributed by atoms with Crippen LogP contribution in [0.5, 0.6) is 0 Å². The molecular formula is C19H26N2O5. The van der Waals surface area contributed by atoms with Gasteiger partial charge in [-0.15, -0.1) is 0 Å². The predicted octanol–water partition coefficient (Wildman–Crippen LogP) is 2.37. The number of benzene rings is 1. The van der Waals surface area contributed by atoms with Crippen molar-refractivity contribution in [3.63, 3.8) is 0 Å². The number of rotatable bonds is 4. The van der Waals surface area contributed by atoms with Crippen LogP contribution in [0.3, 0.4) is 0 Å². The van der Waals surface area contributed by atoms with Crippen molar-refractivity contribution < 1.29 is 24.2 Å². The van der Waals surface area contributed by atoms with Crippen molar-refractivity contribution in [2.24, 2.45) is 0 Å². The fraction of sp³-hybridized carbons (Fsp3) is 0.526. The van der Waals surface area contributed by atoms with E-state index in [1.807, 2.05) is 30.3 Å². The number of ether oxygens (including phenoxy) is 1. The number of carboxylic acid groups (broad SMARTS) is 1. The summed E-state index contributed by atoms with van der Waals surface area (Å²) in [5.41, 5.74) is 0.347. The number of amides is 2. The standard InChI is InChI=1S/C19H26N2O5/c1-12(17(23)24)20-16(22)15-10-14(13-8-6-5-7-9-13)11-21(15)18(25)26-19(2,3)4/h5-9,12,14-15H,10-11H2,1-4H3,(H,20,22)(H,23,24)/t12-,14+,15-/m0/s1. The van der Waals surface area contributed by atoms with Crippen LogP contribution in [0.4, 0.5) is 4.79 Å². The van der Waals surface area contributed by atoms with Gasteiger partial charge in [0, 0.05) is 12.5 Å². The van der Waals surface area contributed by atoms with Crippen molar-refractivity contribution in [3.8, 4) is 0 Å². The third kappa shape index (κ3) is 4.97. The highest BCUT2D eigenvalue weighted by molar-refractivity contribution is 5.89. The zero-order valence-electron chi connectivity index (χ0n) is 15.6. The number of aliphatic carboxylic acids is 1. The molecule has 7 heteroatoms. The van der Waals surface area contributed by atoms with Crippen molar-refractivity contribution in [2.45, 2.75) is 57.7 Å². The molecule has 7 nitrogen and oxygen atoms in total.